The predicted molar refractivity (Wildman–Crippen MR) is 86.3 cm³/mol. The van der Waals surface area contributed by atoms with Gasteiger partial charge in [-0.3, -0.25) is 0 Å². The number of urea groups is 1. The van der Waals surface area contributed by atoms with Crippen LogP contribution in [0.3, 0.4) is 0 Å². The average molecular weight is 392 g/mol. The second-order valence-corrected chi connectivity index (χ2v) is 5.59. The van der Waals surface area contributed by atoms with Gasteiger partial charge in [0.15, 0.2) is 6.61 Å². The third kappa shape index (κ3) is 6.75. The predicted octanol–water partition coefficient (Wildman–Crippen LogP) is 3.81. The van der Waals surface area contributed by atoms with Crippen LogP contribution in [0.25, 0.3) is 0 Å². The van der Waals surface area contributed by atoms with Crippen molar-refractivity contribution in [2.45, 2.75) is 19.3 Å². The third-order valence-corrected chi connectivity index (χ3v) is 3.45. The smallest absolute Gasteiger partial charge is 0.422 e. The van der Waals surface area contributed by atoms with Crippen LogP contribution in [0.15, 0.2) is 36.5 Å². The summed E-state index contributed by atoms with van der Waals surface area (Å²) in [7, 11) is 0. The molecule has 1 aromatic carbocycles. The topological polar surface area (TPSA) is 63.2 Å². The molecule has 0 atom stereocenters. The first-order valence-corrected chi connectivity index (χ1v) is 7.71. The number of alkyl halides is 3. The van der Waals surface area contributed by atoms with Gasteiger partial charge in [0.2, 0.25) is 5.88 Å². The third-order valence-electron chi connectivity index (χ3n) is 3.08. The molecule has 0 aliphatic heterocycles. The van der Waals surface area contributed by atoms with Crippen LogP contribution in [-0.4, -0.2) is 23.8 Å². The van der Waals surface area contributed by atoms with E-state index < -0.39 is 24.6 Å². The minimum atomic E-state index is -4.46. The Balaban J connectivity index is 1.82. The molecule has 26 heavy (non-hydrogen) atoms. The summed E-state index contributed by atoms with van der Waals surface area (Å²) in [4.78, 5) is 15.4. The molecule has 0 saturated heterocycles. The zero-order chi connectivity index (χ0) is 19.2. The van der Waals surface area contributed by atoms with Crippen LogP contribution < -0.4 is 15.4 Å². The SMILES string of the molecule is O=C(NCc1ccnc(OCC(F)(F)F)c1)NCc1cc(F)ccc1Cl. The molecule has 0 unspecified atom stereocenters. The maximum atomic E-state index is 13.1. The molecule has 2 rings (SSSR count). The number of halogens is 5. The molecule has 0 aliphatic rings. The fraction of sp³-hybridized carbons (Fsp3) is 0.250. The minimum absolute atomic E-state index is 0.0126. The van der Waals surface area contributed by atoms with Crippen LogP contribution in [0.2, 0.25) is 5.02 Å². The van der Waals surface area contributed by atoms with E-state index in [1.807, 2.05) is 0 Å². The van der Waals surface area contributed by atoms with E-state index in [1.165, 1.54) is 36.5 Å². The van der Waals surface area contributed by atoms with E-state index in [0.29, 0.717) is 16.1 Å². The van der Waals surface area contributed by atoms with Crippen molar-refractivity contribution in [3.8, 4) is 5.88 Å². The van der Waals surface area contributed by atoms with Gasteiger partial charge in [-0.25, -0.2) is 14.2 Å². The summed E-state index contributed by atoms with van der Waals surface area (Å²) >= 11 is 5.89. The normalized spacial score (nSPS) is 11.1. The Morgan fingerprint density at radius 1 is 1.15 bits per heavy atom. The summed E-state index contributed by atoms with van der Waals surface area (Å²) < 4.78 is 54.0. The quantitative estimate of drug-likeness (QED) is 0.736. The van der Waals surface area contributed by atoms with Gasteiger partial charge in [0, 0.05) is 30.4 Å². The van der Waals surface area contributed by atoms with Gasteiger partial charge in [-0.05, 0) is 35.4 Å². The van der Waals surface area contributed by atoms with E-state index in [1.54, 1.807) is 0 Å². The zero-order valence-corrected chi connectivity index (χ0v) is 14.0. The van der Waals surface area contributed by atoms with Gasteiger partial charge < -0.3 is 15.4 Å². The second kappa shape index (κ2) is 8.70. The highest BCUT2D eigenvalue weighted by atomic mass is 35.5. The number of carbonyl (C=O) groups excluding carboxylic acids is 1. The monoisotopic (exact) mass is 391 g/mol. The van der Waals surface area contributed by atoms with Gasteiger partial charge in [-0.15, -0.1) is 0 Å². The van der Waals surface area contributed by atoms with Crippen molar-refractivity contribution in [1.29, 1.82) is 0 Å². The first-order valence-electron chi connectivity index (χ1n) is 7.33. The first kappa shape index (κ1) is 19.8. The molecule has 0 radical (unpaired) electrons. The van der Waals surface area contributed by atoms with Gasteiger partial charge in [-0.1, -0.05) is 11.6 Å². The Kier molecular flexibility index (Phi) is 6.62. The van der Waals surface area contributed by atoms with Crippen LogP contribution in [0, 0.1) is 5.82 Å². The summed E-state index contributed by atoms with van der Waals surface area (Å²) in [5, 5.41) is 5.32. The number of carbonyl (C=O) groups is 1. The fourth-order valence-electron chi connectivity index (χ4n) is 1.89. The molecular weight excluding hydrogens is 378 g/mol. The molecule has 5 nitrogen and oxygen atoms in total. The number of rotatable bonds is 6. The van der Waals surface area contributed by atoms with Crippen LogP contribution in [0.5, 0.6) is 5.88 Å². The van der Waals surface area contributed by atoms with Crippen LogP contribution in [-0.2, 0) is 13.1 Å². The largest absolute Gasteiger partial charge is 0.468 e. The number of ether oxygens (including phenoxy) is 1. The fourth-order valence-corrected chi connectivity index (χ4v) is 2.08. The highest BCUT2D eigenvalue weighted by Gasteiger charge is 2.28. The summed E-state index contributed by atoms with van der Waals surface area (Å²) in [6.45, 7) is -1.40. The lowest BCUT2D eigenvalue weighted by Crippen LogP contribution is -2.34. The maximum Gasteiger partial charge on any atom is 0.422 e. The Morgan fingerprint density at radius 3 is 2.62 bits per heavy atom. The van der Waals surface area contributed by atoms with Gasteiger partial charge in [0.25, 0.3) is 0 Å². The van der Waals surface area contributed by atoms with Crippen molar-refractivity contribution >= 4 is 17.6 Å². The number of nitrogens with one attached hydrogen (secondary N) is 2. The van der Waals surface area contributed by atoms with E-state index in [-0.39, 0.29) is 19.0 Å². The van der Waals surface area contributed by atoms with Crippen molar-refractivity contribution in [1.82, 2.24) is 15.6 Å². The zero-order valence-electron chi connectivity index (χ0n) is 13.2. The Hall–Kier alpha value is -2.55. The van der Waals surface area contributed by atoms with E-state index in [0.717, 1.165) is 0 Å². The number of aromatic nitrogens is 1. The Morgan fingerprint density at radius 2 is 1.88 bits per heavy atom. The molecule has 0 fully saturated rings. The van der Waals surface area contributed by atoms with E-state index in [9.17, 15) is 22.4 Å². The molecule has 140 valence electrons. The first-order chi connectivity index (χ1) is 12.2. The van der Waals surface area contributed by atoms with Gasteiger partial charge in [-0.2, -0.15) is 13.2 Å². The van der Waals surface area contributed by atoms with Gasteiger partial charge >= 0.3 is 12.2 Å². The highest BCUT2D eigenvalue weighted by molar-refractivity contribution is 6.31. The van der Waals surface area contributed by atoms with Crippen molar-refractivity contribution in [3.63, 3.8) is 0 Å². The van der Waals surface area contributed by atoms with Crippen LogP contribution in [0.1, 0.15) is 11.1 Å². The van der Waals surface area contributed by atoms with Crippen molar-refractivity contribution in [3.05, 3.63) is 58.5 Å². The molecule has 2 amide bonds. The summed E-state index contributed by atoms with van der Waals surface area (Å²) in [6, 6.07) is 6.04. The molecule has 0 spiro atoms. The number of benzene rings is 1. The van der Waals surface area contributed by atoms with Crippen molar-refractivity contribution in [2.24, 2.45) is 0 Å². The molecule has 0 bridgehead atoms. The summed E-state index contributed by atoms with van der Waals surface area (Å²) in [5.74, 6) is -0.677. The van der Waals surface area contributed by atoms with Gasteiger partial charge in [0.1, 0.15) is 5.82 Å². The van der Waals surface area contributed by atoms with Crippen LogP contribution >= 0.6 is 11.6 Å². The number of hydrogen-bond donors (Lipinski definition) is 2. The molecule has 1 aromatic heterocycles. The Bertz CT molecular complexity index is 771. The molecule has 1 heterocycles. The molecule has 0 saturated carbocycles. The lowest BCUT2D eigenvalue weighted by molar-refractivity contribution is -0.154. The highest BCUT2D eigenvalue weighted by Crippen LogP contribution is 2.18. The molecular formula is C16H14ClF4N3O2. The lowest BCUT2D eigenvalue weighted by atomic mass is 10.2. The summed E-state index contributed by atoms with van der Waals surface area (Å²) in [5.41, 5.74) is 0.907. The Labute approximate surface area is 151 Å². The van der Waals surface area contributed by atoms with E-state index >= 15 is 0 Å². The van der Waals surface area contributed by atoms with Crippen LogP contribution in [0.4, 0.5) is 22.4 Å². The number of amides is 2. The molecule has 2 N–H and O–H groups in total. The van der Waals surface area contributed by atoms with Crippen molar-refractivity contribution < 1.29 is 27.1 Å². The standard InChI is InChI=1S/C16H14ClF4N3O2/c17-13-2-1-12(18)6-11(13)8-24-15(25)23-7-10-3-4-22-14(5-10)26-9-16(19,20)21/h1-6H,7-9H2,(H2,23,24,25). The van der Waals surface area contributed by atoms with E-state index in [2.05, 4.69) is 20.4 Å². The molecule has 0 aliphatic carbocycles. The number of hydrogen-bond acceptors (Lipinski definition) is 3. The van der Waals surface area contributed by atoms with Crippen molar-refractivity contribution in [2.75, 3.05) is 6.61 Å². The lowest BCUT2D eigenvalue weighted by Gasteiger charge is -2.11. The maximum absolute atomic E-state index is 13.1. The number of pyridine rings is 1. The second-order valence-electron chi connectivity index (χ2n) is 5.18. The minimum Gasteiger partial charge on any atom is -0.468 e. The summed E-state index contributed by atoms with van der Waals surface area (Å²) in [6.07, 6.45) is -3.19. The average Bonchev–Trinajstić information content (AvgIpc) is 2.59. The number of nitrogens with zero attached hydrogens (tertiary/aromatic N) is 1. The molecule has 10 heteroatoms. The van der Waals surface area contributed by atoms with Gasteiger partial charge in [0.05, 0.1) is 0 Å². The van der Waals surface area contributed by atoms with E-state index in [4.69, 9.17) is 11.6 Å². The molecule has 2 aromatic rings.